The Hall–Kier alpha value is -1.01. The van der Waals surface area contributed by atoms with Crippen LogP contribution in [0, 0.1) is 5.92 Å². The second-order valence-electron chi connectivity index (χ2n) is 5.26. The molecule has 1 N–H and O–H groups in total. The molecule has 6 nitrogen and oxygen atoms in total. The number of aliphatic hydroxyl groups excluding tert-OH is 1. The van der Waals surface area contributed by atoms with Crippen molar-refractivity contribution in [1.29, 1.82) is 0 Å². The van der Waals surface area contributed by atoms with E-state index in [2.05, 4.69) is 27.3 Å². The largest absolute Gasteiger partial charge is 0.395 e. The van der Waals surface area contributed by atoms with Gasteiger partial charge in [-0.1, -0.05) is 6.92 Å². The lowest BCUT2D eigenvalue weighted by atomic mass is 10.0. The van der Waals surface area contributed by atoms with Gasteiger partial charge in [0.2, 0.25) is 0 Å². The number of hydrogen-bond donors (Lipinski definition) is 1. The van der Waals surface area contributed by atoms with Gasteiger partial charge >= 0.3 is 0 Å². The van der Waals surface area contributed by atoms with Gasteiger partial charge in [0, 0.05) is 6.04 Å². The highest BCUT2D eigenvalue weighted by molar-refractivity contribution is 4.93. The van der Waals surface area contributed by atoms with Gasteiger partial charge in [0.25, 0.3) is 0 Å². The number of tetrazole rings is 1. The summed E-state index contributed by atoms with van der Waals surface area (Å²) in [5, 5.41) is 21.4. The lowest BCUT2D eigenvalue weighted by Crippen LogP contribution is -2.35. The fourth-order valence-electron chi connectivity index (χ4n) is 2.68. The first-order valence-electron chi connectivity index (χ1n) is 6.41. The van der Waals surface area contributed by atoms with Crippen LogP contribution < -0.4 is 0 Å². The normalized spacial score (nSPS) is 30.0. The minimum absolute atomic E-state index is 0.228. The van der Waals surface area contributed by atoms with Crippen LogP contribution in [0.3, 0.4) is 0 Å². The van der Waals surface area contributed by atoms with Crippen LogP contribution in [0.1, 0.15) is 38.1 Å². The number of aliphatic hydroxyl groups is 1. The van der Waals surface area contributed by atoms with Crippen molar-refractivity contribution >= 4 is 0 Å². The van der Waals surface area contributed by atoms with E-state index in [-0.39, 0.29) is 12.6 Å². The second-order valence-corrected chi connectivity index (χ2v) is 5.26. The topological polar surface area (TPSA) is 67.1 Å². The first kappa shape index (κ1) is 11.1. The molecule has 2 unspecified atom stereocenters. The standard InChI is InChI=1S/C11H19N5O/c1-8-4-5-15(10(8)7-17)6-11-12-13-14-16(11)9-2-3-9/h8-10,17H,2-7H2,1H3. The molecule has 0 amide bonds. The molecule has 0 aromatic carbocycles. The van der Waals surface area contributed by atoms with Crippen molar-refractivity contribution in [3.8, 4) is 0 Å². The van der Waals surface area contributed by atoms with Crippen molar-refractivity contribution in [2.75, 3.05) is 13.2 Å². The molecule has 6 heteroatoms. The highest BCUT2D eigenvalue weighted by Gasteiger charge is 2.33. The monoisotopic (exact) mass is 237 g/mol. The maximum atomic E-state index is 9.43. The summed E-state index contributed by atoms with van der Waals surface area (Å²) in [6.07, 6.45) is 3.53. The van der Waals surface area contributed by atoms with Gasteiger partial charge in [0.1, 0.15) is 0 Å². The van der Waals surface area contributed by atoms with Gasteiger partial charge < -0.3 is 5.11 Å². The Morgan fingerprint density at radius 3 is 2.88 bits per heavy atom. The number of hydrogen-bond acceptors (Lipinski definition) is 5. The molecule has 2 heterocycles. The summed E-state index contributed by atoms with van der Waals surface area (Å²) in [6, 6.07) is 0.784. The van der Waals surface area contributed by atoms with Gasteiger partial charge in [0.15, 0.2) is 5.82 Å². The molecule has 17 heavy (non-hydrogen) atoms. The highest BCUT2D eigenvalue weighted by atomic mass is 16.3. The Morgan fingerprint density at radius 1 is 1.35 bits per heavy atom. The SMILES string of the molecule is CC1CCN(Cc2nnnn2C2CC2)C1CO. The zero-order chi connectivity index (χ0) is 11.8. The molecular formula is C11H19N5O. The summed E-state index contributed by atoms with van der Waals surface area (Å²) >= 11 is 0. The summed E-state index contributed by atoms with van der Waals surface area (Å²) in [5.74, 6) is 1.50. The minimum Gasteiger partial charge on any atom is -0.395 e. The molecular weight excluding hydrogens is 218 g/mol. The molecule has 1 aromatic heterocycles. The Labute approximate surface area is 101 Å². The molecule has 1 aliphatic carbocycles. The number of aromatic nitrogens is 4. The van der Waals surface area contributed by atoms with Crippen molar-refractivity contribution in [1.82, 2.24) is 25.1 Å². The van der Waals surface area contributed by atoms with E-state index in [1.54, 1.807) is 0 Å². The number of likely N-dealkylation sites (tertiary alicyclic amines) is 1. The Morgan fingerprint density at radius 2 is 2.18 bits per heavy atom. The van der Waals surface area contributed by atoms with Crippen LogP contribution in [-0.4, -0.2) is 49.4 Å². The van der Waals surface area contributed by atoms with Gasteiger partial charge in [-0.3, -0.25) is 4.90 Å². The summed E-state index contributed by atoms with van der Waals surface area (Å²) in [6.45, 7) is 4.22. The van der Waals surface area contributed by atoms with Crippen molar-refractivity contribution in [3.63, 3.8) is 0 Å². The van der Waals surface area contributed by atoms with Gasteiger partial charge in [-0.25, -0.2) is 4.68 Å². The molecule has 2 aliphatic rings. The van der Waals surface area contributed by atoms with E-state index in [0.29, 0.717) is 12.0 Å². The van der Waals surface area contributed by atoms with Gasteiger partial charge in [-0.2, -0.15) is 0 Å². The van der Waals surface area contributed by atoms with E-state index in [1.165, 1.54) is 12.8 Å². The number of nitrogens with zero attached hydrogens (tertiary/aromatic N) is 5. The maximum absolute atomic E-state index is 9.43. The van der Waals surface area contributed by atoms with Crippen molar-refractivity contribution in [2.45, 2.75) is 44.8 Å². The third-order valence-electron chi connectivity index (χ3n) is 3.98. The fraction of sp³-hybridized carbons (Fsp3) is 0.909. The van der Waals surface area contributed by atoms with Crippen LogP contribution in [0.4, 0.5) is 0 Å². The second kappa shape index (κ2) is 4.34. The third-order valence-corrected chi connectivity index (χ3v) is 3.98. The molecule has 2 fully saturated rings. The first-order chi connectivity index (χ1) is 8.29. The number of rotatable bonds is 4. The highest BCUT2D eigenvalue weighted by Crippen LogP contribution is 2.35. The molecule has 3 rings (SSSR count). The molecule has 0 bridgehead atoms. The summed E-state index contributed by atoms with van der Waals surface area (Å²) in [7, 11) is 0. The molecule has 1 aromatic rings. The molecule has 0 spiro atoms. The van der Waals surface area contributed by atoms with E-state index in [4.69, 9.17) is 0 Å². The lowest BCUT2D eigenvalue weighted by Gasteiger charge is -2.24. The Bertz CT molecular complexity index is 389. The van der Waals surface area contributed by atoms with Crippen LogP contribution >= 0.6 is 0 Å². The van der Waals surface area contributed by atoms with Gasteiger partial charge in [0.05, 0.1) is 19.2 Å². The van der Waals surface area contributed by atoms with E-state index < -0.39 is 0 Å². The van der Waals surface area contributed by atoms with E-state index >= 15 is 0 Å². The average molecular weight is 237 g/mol. The summed E-state index contributed by atoms with van der Waals surface area (Å²) in [5.41, 5.74) is 0. The van der Waals surface area contributed by atoms with E-state index in [1.807, 2.05) is 4.68 Å². The smallest absolute Gasteiger partial charge is 0.165 e. The summed E-state index contributed by atoms with van der Waals surface area (Å²) in [4.78, 5) is 2.30. The van der Waals surface area contributed by atoms with Crippen molar-refractivity contribution in [3.05, 3.63) is 5.82 Å². The molecule has 1 saturated carbocycles. The van der Waals surface area contributed by atoms with Crippen LogP contribution in [0.15, 0.2) is 0 Å². The zero-order valence-electron chi connectivity index (χ0n) is 10.2. The predicted octanol–water partition coefficient (Wildman–Crippen LogP) is 0.211. The summed E-state index contributed by atoms with van der Waals surface area (Å²) < 4.78 is 1.96. The van der Waals surface area contributed by atoms with Crippen LogP contribution in [0.5, 0.6) is 0 Å². The quantitative estimate of drug-likeness (QED) is 0.811. The van der Waals surface area contributed by atoms with E-state index in [0.717, 1.165) is 25.3 Å². The fourth-order valence-corrected chi connectivity index (χ4v) is 2.68. The van der Waals surface area contributed by atoms with Crippen LogP contribution in [-0.2, 0) is 6.54 Å². The predicted molar refractivity (Wildman–Crippen MR) is 61.2 cm³/mol. The average Bonchev–Trinajstić information content (AvgIpc) is 2.97. The van der Waals surface area contributed by atoms with Crippen LogP contribution in [0.2, 0.25) is 0 Å². The third kappa shape index (κ3) is 2.07. The van der Waals surface area contributed by atoms with Gasteiger partial charge in [-0.05, 0) is 42.2 Å². The lowest BCUT2D eigenvalue weighted by molar-refractivity contribution is 0.130. The molecule has 0 radical (unpaired) electrons. The van der Waals surface area contributed by atoms with Gasteiger partial charge in [-0.15, -0.1) is 5.10 Å². The van der Waals surface area contributed by atoms with Crippen LogP contribution in [0.25, 0.3) is 0 Å². The minimum atomic E-state index is 0.228. The van der Waals surface area contributed by atoms with Crippen molar-refractivity contribution in [2.24, 2.45) is 5.92 Å². The maximum Gasteiger partial charge on any atom is 0.165 e. The Balaban J connectivity index is 1.71. The first-order valence-corrected chi connectivity index (χ1v) is 6.41. The molecule has 1 saturated heterocycles. The van der Waals surface area contributed by atoms with Crippen molar-refractivity contribution < 1.29 is 5.11 Å². The van der Waals surface area contributed by atoms with E-state index in [9.17, 15) is 5.11 Å². The zero-order valence-corrected chi connectivity index (χ0v) is 10.2. The molecule has 94 valence electrons. The molecule has 1 aliphatic heterocycles. The molecule has 2 atom stereocenters. The Kier molecular flexibility index (Phi) is 2.84.